The fraction of sp³-hybridized carbons (Fsp3) is 0.296. The van der Waals surface area contributed by atoms with E-state index in [4.69, 9.17) is 14.2 Å². The molecule has 0 saturated carbocycles. The van der Waals surface area contributed by atoms with E-state index in [0.29, 0.717) is 18.4 Å². The Hall–Kier alpha value is -3.95. The van der Waals surface area contributed by atoms with E-state index < -0.39 is 0 Å². The third-order valence-electron chi connectivity index (χ3n) is 5.92. The summed E-state index contributed by atoms with van der Waals surface area (Å²) in [7, 11) is 1.65. The Kier molecular flexibility index (Phi) is 7.70. The van der Waals surface area contributed by atoms with E-state index in [9.17, 15) is 0 Å². The van der Waals surface area contributed by atoms with Crippen LogP contribution in [-0.2, 0) is 4.74 Å². The van der Waals surface area contributed by atoms with Crippen molar-refractivity contribution in [2.24, 2.45) is 0 Å². The first-order chi connectivity index (χ1) is 17.8. The van der Waals surface area contributed by atoms with Gasteiger partial charge in [0.05, 0.1) is 38.8 Å². The number of hydrogen-bond donors (Lipinski definition) is 2. The smallest absolute Gasteiger partial charge is 0.229 e. The average Bonchev–Trinajstić information content (AvgIpc) is 2.92. The van der Waals surface area contributed by atoms with Crippen molar-refractivity contribution in [1.82, 2.24) is 19.9 Å². The summed E-state index contributed by atoms with van der Waals surface area (Å²) in [6, 6.07) is 17.5. The van der Waals surface area contributed by atoms with E-state index in [2.05, 4.69) is 30.5 Å². The number of ether oxygens (including phenoxy) is 3. The van der Waals surface area contributed by atoms with Crippen molar-refractivity contribution in [1.29, 1.82) is 0 Å². The second kappa shape index (κ2) is 11.7. The Balaban J connectivity index is 1.15. The topological polar surface area (TPSA) is 93.7 Å². The maximum absolute atomic E-state index is 5.89. The second-order valence-electron chi connectivity index (χ2n) is 8.45. The van der Waals surface area contributed by atoms with Gasteiger partial charge in [0.15, 0.2) is 0 Å². The third kappa shape index (κ3) is 6.18. The van der Waals surface area contributed by atoms with Crippen LogP contribution in [0.4, 0.5) is 23.1 Å². The number of nitrogens with one attached hydrogen (secondary N) is 2. The van der Waals surface area contributed by atoms with Crippen molar-refractivity contribution in [2.75, 3.05) is 57.2 Å². The van der Waals surface area contributed by atoms with Crippen molar-refractivity contribution in [3.05, 3.63) is 67.0 Å². The van der Waals surface area contributed by atoms with Crippen molar-refractivity contribution in [3.63, 3.8) is 0 Å². The minimum atomic E-state index is 0.495. The standard InChI is InChI=1S/C27H30N6O3/c1-34-24-5-2-4-20-18-22(19-29-26(20)24)30-25-10-11-28-27(32-25)31-21-6-8-23(9-7-21)36-15-3-12-33-13-16-35-17-14-33/h2,4-11,18-19H,3,12-17H2,1H3,(H2,28,30,31,32). The van der Waals surface area contributed by atoms with Crippen LogP contribution >= 0.6 is 0 Å². The molecule has 1 aliphatic rings. The fourth-order valence-corrected chi connectivity index (χ4v) is 4.07. The Morgan fingerprint density at radius 1 is 0.972 bits per heavy atom. The molecular weight excluding hydrogens is 456 g/mol. The number of fused-ring (bicyclic) bond motifs is 1. The number of rotatable bonds is 10. The molecule has 2 N–H and O–H groups in total. The van der Waals surface area contributed by atoms with Gasteiger partial charge in [-0.05, 0) is 48.9 Å². The van der Waals surface area contributed by atoms with Gasteiger partial charge in [-0.1, -0.05) is 12.1 Å². The molecule has 0 amide bonds. The Labute approximate surface area is 210 Å². The largest absolute Gasteiger partial charge is 0.494 e. The first-order valence-electron chi connectivity index (χ1n) is 12.1. The first kappa shape index (κ1) is 23.8. The number of pyridine rings is 1. The molecule has 186 valence electrons. The SMILES string of the molecule is COc1cccc2cc(Nc3ccnc(Nc4ccc(OCCCN5CCOCC5)cc4)n3)cnc12. The van der Waals surface area contributed by atoms with E-state index in [1.807, 2.05) is 54.6 Å². The van der Waals surface area contributed by atoms with E-state index in [1.54, 1.807) is 19.5 Å². The summed E-state index contributed by atoms with van der Waals surface area (Å²) in [6.07, 6.45) is 4.47. The third-order valence-corrected chi connectivity index (χ3v) is 5.92. The molecule has 9 nitrogen and oxygen atoms in total. The summed E-state index contributed by atoms with van der Waals surface area (Å²) >= 11 is 0. The van der Waals surface area contributed by atoms with Crippen LogP contribution in [0.2, 0.25) is 0 Å². The minimum absolute atomic E-state index is 0.495. The maximum atomic E-state index is 5.89. The second-order valence-corrected chi connectivity index (χ2v) is 8.45. The summed E-state index contributed by atoms with van der Waals surface area (Å²) in [6.45, 7) is 5.40. The van der Waals surface area contributed by atoms with Crippen LogP contribution in [0.3, 0.4) is 0 Å². The molecule has 0 radical (unpaired) electrons. The molecule has 0 unspecified atom stereocenters. The lowest BCUT2D eigenvalue weighted by molar-refractivity contribution is 0.0358. The summed E-state index contributed by atoms with van der Waals surface area (Å²) in [5.74, 6) is 2.75. The highest BCUT2D eigenvalue weighted by Crippen LogP contribution is 2.26. The van der Waals surface area contributed by atoms with Crippen LogP contribution in [0.1, 0.15) is 6.42 Å². The molecule has 0 spiro atoms. The molecule has 0 bridgehead atoms. The molecular formula is C27H30N6O3. The minimum Gasteiger partial charge on any atom is -0.494 e. The highest BCUT2D eigenvalue weighted by atomic mass is 16.5. The van der Waals surface area contributed by atoms with Crippen LogP contribution in [-0.4, -0.2) is 66.4 Å². The van der Waals surface area contributed by atoms with Gasteiger partial charge in [0.25, 0.3) is 0 Å². The highest BCUT2D eigenvalue weighted by molar-refractivity contribution is 5.87. The predicted molar refractivity (Wildman–Crippen MR) is 141 cm³/mol. The van der Waals surface area contributed by atoms with Crippen LogP contribution in [0.5, 0.6) is 11.5 Å². The predicted octanol–water partition coefficient (Wildman–Crippen LogP) is 4.62. The lowest BCUT2D eigenvalue weighted by Gasteiger charge is -2.26. The molecule has 1 saturated heterocycles. The van der Waals surface area contributed by atoms with Gasteiger partial charge < -0.3 is 24.8 Å². The van der Waals surface area contributed by atoms with Crippen LogP contribution in [0, 0.1) is 0 Å². The zero-order chi connectivity index (χ0) is 24.6. The summed E-state index contributed by atoms with van der Waals surface area (Å²) in [4.78, 5) is 15.9. The number of benzene rings is 2. The van der Waals surface area contributed by atoms with Crippen LogP contribution in [0.25, 0.3) is 10.9 Å². The van der Waals surface area contributed by atoms with Crippen molar-refractivity contribution in [2.45, 2.75) is 6.42 Å². The van der Waals surface area contributed by atoms with Gasteiger partial charge >= 0.3 is 0 Å². The van der Waals surface area contributed by atoms with Gasteiger partial charge in [0.1, 0.15) is 22.8 Å². The first-order valence-corrected chi connectivity index (χ1v) is 12.1. The highest BCUT2D eigenvalue weighted by Gasteiger charge is 2.09. The lowest BCUT2D eigenvalue weighted by atomic mass is 10.2. The molecule has 1 fully saturated rings. The lowest BCUT2D eigenvalue weighted by Crippen LogP contribution is -2.37. The number of anilines is 4. The van der Waals surface area contributed by atoms with E-state index in [0.717, 1.165) is 73.0 Å². The summed E-state index contributed by atoms with van der Waals surface area (Å²) in [5, 5.41) is 7.52. The van der Waals surface area contributed by atoms with E-state index in [1.165, 1.54) is 0 Å². The van der Waals surface area contributed by atoms with Gasteiger partial charge in [-0.2, -0.15) is 4.98 Å². The van der Waals surface area contributed by atoms with Crippen LogP contribution < -0.4 is 20.1 Å². The number of morpholine rings is 1. The van der Waals surface area contributed by atoms with Gasteiger partial charge in [-0.25, -0.2) is 4.98 Å². The molecule has 0 aliphatic carbocycles. The molecule has 5 rings (SSSR count). The summed E-state index contributed by atoms with van der Waals surface area (Å²) < 4.78 is 16.7. The summed E-state index contributed by atoms with van der Waals surface area (Å²) in [5.41, 5.74) is 2.53. The Bertz CT molecular complexity index is 1280. The zero-order valence-corrected chi connectivity index (χ0v) is 20.3. The molecule has 2 aromatic carbocycles. The van der Waals surface area contributed by atoms with Crippen molar-refractivity contribution < 1.29 is 14.2 Å². The molecule has 3 heterocycles. The number of aromatic nitrogens is 3. The average molecular weight is 487 g/mol. The van der Waals surface area contributed by atoms with Crippen molar-refractivity contribution >= 4 is 34.0 Å². The molecule has 2 aromatic heterocycles. The number of nitrogens with zero attached hydrogens (tertiary/aromatic N) is 4. The fourth-order valence-electron chi connectivity index (χ4n) is 4.07. The van der Waals surface area contributed by atoms with Gasteiger partial charge in [0, 0.05) is 36.9 Å². The number of hydrogen-bond acceptors (Lipinski definition) is 9. The van der Waals surface area contributed by atoms with E-state index >= 15 is 0 Å². The number of para-hydroxylation sites is 1. The maximum Gasteiger partial charge on any atom is 0.229 e. The van der Waals surface area contributed by atoms with E-state index in [-0.39, 0.29) is 0 Å². The Morgan fingerprint density at radius 3 is 2.67 bits per heavy atom. The normalized spacial score (nSPS) is 13.9. The van der Waals surface area contributed by atoms with Gasteiger partial charge in [-0.3, -0.25) is 9.88 Å². The van der Waals surface area contributed by atoms with Crippen molar-refractivity contribution in [3.8, 4) is 11.5 Å². The molecule has 1 aliphatic heterocycles. The molecule has 9 heteroatoms. The van der Waals surface area contributed by atoms with Gasteiger partial charge in [0.2, 0.25) is 5.95 Å². The monoisotopic (exact) mass is 486 g/mol. The van der Waals surface area contributed by atoms with Crippen LogP contribution in [0.15, 0.2) is 67.0 Å². The molecule has 36 heavy (non-hydrogen) atoms. The molecule has 4 aromatic rings. The molecule has 0 atom stereocenters. The number of methoxy groups -OCH3 is 1. The Morgan fingerprint density at radius 2 is 1.83 bits per heavy atom. The zero-order valence-electron chi connectivity index (χ0n) is 20.3. The van der Waals surface area contributed by atoms with Gasteiger partial charge in [-0.15, -0.1) is 0 Å². The quantitative estimate of drug-likeness (QED) is 0.311.